The average Bonchev–Trinajstić information content (AvgIpc) is 3.09. The van der Waals surface area contributed by atoms with Crippen LogP contribution in [0.25, 0.3) is 0 Å². The van der Waals surface area contributed by atoms with E-state index >= 15 is 0 Å². The largest absolute Gasteiger partial charge is 0.387 e. The highest BCUT2D eigenvalue weighted by atomic mass is 16.3. The Balaban J connectivity index is 1.43. The lowest BCUT2D eigenvalue weighted by atomic mass is 10.1. The van der Waals surface area contributed by atoms with Crippen molar-refractivity contribution in [3.8, 4) is 0 Å². The summed E-state index contributed by atoms with van der Waals surface area (Å²) < 4.78 is 0. The van der Waals surface area contributed by atoms with E-state index in [9.17, 15) is 14.7 Å². The Hall–Kier alpha value is -2.50. The summed E-state index contributed by atoms with van der Waals surface area (Å²) in [6, 6.07) is 14.8. The molecular formula is C20H20N2O3. The highest BCUT2D eigenvalue weighted by Crippen LogP contribution is 2.33. The van der Waals surface area contributed by atoms with E-state index in [1.807, 2.05) is 36.2 Å². The summed E-state index contributed by atoms with van der Waals surface area (Å²) in [6.07, 6.45) is 0.235. The third-order valence-electron chi connectivity index (χ3n) is 5.29. The summed E-state index contributed by atoms with van der Waals surface area (Å²) in [5, 5.41) is 10.6. The Morgan fingerprint density at radius 3 is 2.28 bits per heavy atom. The molecule has 0 bridgehead atoms. The molecule has 0 unspecified atom stereocenters. The Labute approximate surface area is 146 Å². The zero-order valence-electron chi connectivity index (χ0n) is 14.1. The van der Waals surface area contributed by atoms with E-state index < -0.39 is 6.10 Å². The number of nitrogens with zero attached hydrogens (tertiary/aromatic N) is 2. The van der Waals surface area contributed by atoms with Crippen LogP contribution in [0.5, 0.6) is 0 Å². The van der Waals surface area contributed by atoms with Gasteiger partial charge in [0.15, 0.2) is 0 Å². The van der Waals surface area contributed by atoms with Gasteiger partial charge in [-0.05, 0) is 36.7 Å². The number of hydrogen-bond acceptors (Lipinski definition) is 4. The van der Waals surface area contributed by atoms with Crippen molar-refractivity contribution in [1.82, 2.24) is 9.80 Å². The Morgan fingerprint density at radius 2 is 1.64 bits per heavy atom. The van der Waals surface area contributed by atoms with Gasteiger partial charge in [0.1, 0.15) is 0 Å². The molecule has 128 valence electrons. The van der Waals surface area contributed by atoms with Gasteiger partial charge in [0, 0.05) is 19.1 Å². The van der Waals surface area contributed by atoms with E-state index in [-0.39, 0.29) is 17.9 Å². The number of fused-ring (bicyclic) bond motifs is 2. The van der Waals surface area contributed by atoms with Crippen LogP contribution in [0, 0.1) is 0 Å². The maximum Gasteiger partial charge on any atom is 0.261 e. The second-order valence-corrected chi connectivity index (χ2v) is 6.70. The maximum atomic E-state index is 12.4. The smallest absolute Gasteiger partial charge is 0.261 e. The predicted octanol–water partition coefficient (Wildman–Crippen LogP) is 1.87. The highest BCUT2D eigenvalue weighted by Gasteiger charge is 2.37. The number of benzene rings is 2. The zero-order valence-corrected chi connectivity index (χ0v) is 14.1. The Bertz CT molecular complexity index is 813. The van der Waals surface area contributed by atoms with Gasteiger partial charge in [0.25, 0.3) is 11.8 Å². The molecule has 1 aliphatic carbocycles. The van der Waals surface area contributed by atoms with Gasteiger partial charge < -0.3 is 5.11 Å². The lowest BCUT2D eigenvalue weighted by molar-refractivity contribution is 0.0556. The van der Waals surface area contributed by atoms with E-state index in [0.29, 0.717) is 24.2 Å². The number of aliphatic hydroxyl groups is 1. The second kappa shape index (κ2) is 6.10. The fourth-order valence-electron chi connectivity index (χ4n) is 3.82. The summed E-state index contributed by atoms with van der Waals surface area (Å²) >= 11 is 0. The van der Waals surface area contributed by atoms with Crippen LogP contribution in [-0.4, -0.2) is 52.9 Å². The number of aliphatic hydroxyl groups excluding tert-OH is 1. The minimum absolute atomic E-state index is 0.0346. The molecule has 2 aromatic carbocycles. The molecule has 2 aromatic rings. The third kappa shape index (κ3) is 2.56. The minimum Gasteiger partial charge on any atom is -0.387 e. The van der Waals surface area contributed by atoms with E-state index in [2.05, 4.69) is 0 Å². The molecule has 0 spiro atoms. The zero-order chi connectivity index (χ0) is 17.6. The van der Waals surface area contributed by atoms with Gasteiger partial charge in [-0.25, -0.2) is 0 Å². The SMILES string of the molecule is CN(CCN1C(=O)c2ccccc2C1=O)[C@@H]1Cc2ccccc2[C@@H]1O. The van der Waals surface area contributed by atoms with Crippen molar-refractivity contribution in [3.63, 3.8) is 0 Å². The topological polar surface area (TPSA) is 60.9 Å². The van der Waals surface area contributed by atoms with E-state index in [1.54, 1.807) is 24.3 Å². The highest BCUT2D eigenvalue weighted by molar-refractivity contribution is 6.21. The van der Waals surface area contributed by atoms with E-state index in [0.717, 1.165) is 17.5 Å². The first-order valence-electron chi connectivity index (χ1n) is 8.49. The summed E-state index contributed by atoms with van der Waals surface area (Å²) in [7, 11) is 1.93. The van der Waals surface area contributed by atoms with Gasteiger partial charge in [-0.1, -0.05) is 36.4 Å². The van der Waals surface area contributed by atoms with Gasteiger partial charge in [-0.15, -0.1) is 0 Å². The lowest BCUT2D eigenvalue weighted by Crippen LogP contribution is -2.42. The van der Waals surface area contributed by atoms with Crippen molar-refractivity contribution in [1.29, 1.82) is 0 Å². The number of amides is 2. The molecule has 25 heavy (non-hydrogen) atoms. The van der Waals surface area contributed by atoms with Crippen LogP contribution in [0.2, 0.25) is 0 Å². The van der Waals surface area contributed by atoms with Gasteiger partial charge in [0.2, 0.25) is 0 Å². The van der Waals surface area contributed by atoms with Gasteiger partial charge >= 0.3 is 0 Å². The number of hydrogen-bond donors (Lipinski definition) is 1. The molecule has 1 heterocycles. The number of likely N-dealkylation sites (N-methyl/N-ethyl adjacent to an activating group) is 1. The number of imide groups is 1. The molecule has 2 atom stereocenters. The van der Waals surface area contributed by atoms with Gasteiger partial charge in [-0.3, -0.25) is 19.4 Å². The summed E-state index contributed by atoms with van der Waals surface area (Å²) in [4.78, 5) is 28.2. The monoisotopic (exact) mass is 336 g/mol. The summed E-state index contributed by atoms with van der Waals surface area (Å²) in [5.74, 6) is -0.464. The normalized spacial score (nSPS) is 21.8. The minimum atomic E-state index is -0.539. The standard InChI is InChI=1S/C20H20N2O3/c1-21(17-12-13-6-2-3-7-14(13)18(17)23)10-11-22-19(24)15-8-4-5-9-16(15)20(22)25/h2-9,17-18,23H,10-12H2,1H3/t17-,18+/m1/s1. The van der Waals surface area contributed by atoms with Crippen molar-refractivity contribution in [2.45, 2.75) is 18.6 Å². The van der Waals surface area contributed by atoms with Crippen LogP contribution in [0.1, 0.15) is 37.9 Å². The van der Waals surface area contributed by atoms with Crippen LogP contribution in [0.4, 0.5) is 0 Å². The molecule has 0 radical (unpaired) electrons. The second-order valence-electron chi connectivity index (χ2n) is 6.70. The van der Waals surface area contributed by atoms with Crippen LogP contribution in [0.15, 0.2) is 48.5 Å². The average molecular weight is 336 g/mol. The Morgan fingerprint density at radius 1 is 1.04 bits per heavy atom. The quantitative estimate of drug-likeness (QED) is 0.866. The van der Waals surface area contributed by atoms with Crippen LogP contribution in [0.3, 0.4) is 0 Å². The lowest BCUT2D eigenvalue weighted by Gasteiger charge is -2.28. The van der Waals surface area contributed by atoms with Crippen molar-refractivity contribution in [2.75, 3.05) is 20.1 Å². The first kappa shape index (κ1) is 16.0. The maximum absolute atomic E-state index is 12.4. The molecule has 0 saturated carbocycles. The molecule has 4 rings (SSSR count). The molecule has 0 fully saturated rings. The number of rotatable bonds is 4. The number of carbonyl (C=O) groups excluding carboxylic acids is 2. The molecule has 2 amide bonds. The van der Waals surface area contributed by atoms with Crippen molar-refractivity contribution in [3.05, 3.63) is 70.8 Å². The molecule has 1 N–H and O–H groups in total. The first-order chi connectivity index (χ1) is 12.1. The number of carbonyl (C=O) groups is 2. The molecule has 5 heteroatoms. The van der Waals surface area contributed by atoms with E-state index in [1.165, 1.54) is 4.90 Å². The predicted molar refractivity (Wildman–Crippen MR) is 93.3 cm³/mol. The van der Waals surface area contributed by atoms with Crippen molar-refractivity contribution in [2.24, 2.45) is 0 Å². The molecule has 0 aromatic heterocycles. The molecule has 0 saturated heterocycles. The van der Waals surface area contributed by atoms with Gasteiger partial charge in [0.05, 0.1) is 17.2 Å². The summed E-state index contributed by atoms with van der Waals surface area (Å²) in [5.41, 5.74) is 3.08. The Kier molecular flexibility index (Phi) is 3.90. The third-order valence-corrected chi connectivity index (χ3v) is 5.29. The van der Waals surface area contributed by atoms with Gasteiger partial charge in [-0.2, -0.15) is 0 Å². The fraction of sp³-hybridized carbons (Fsp3) is 0.300. The summed E-state index contributed by atoms with van der Waals surface area (Å²) in [6.45, 7) is 0.851. The molecular weight excluding hydrogens is 316 g/mol. The molecule has 1 aliphatic heterocycles. The van der Waals surface area contributed by atoms with Crippen LogP contribution >= 0.6 is 0 Å². The molecule has 5 nitrogen and oxygen atoms in total. The van der Waals surface area contributed by atoms with Crippen molar-refractivity contribution < 1.29 is 14.7 Å². The van der Waals surface area contributed by atoms with Crippen molar-refractivity contribution >= 4 is 11.8 Å². The van der Waals surface area contributed by atoms with Crippen LogP contribution < -0.4 is 0 Å². The van der Waals surface area contributed by atoms with Crippen LogP contribution in [-0.2, 0) is 6.42 Å². The first-order valence-corrected chi connectivity index (χ1v) is 8.49. The fourth-order valence-corrected chi connectivity index (χ4v) is 3.82. The molecule has 2 aliphatic rings. The van der Waals surface area contributed by atoms with E-state index in [4.69, 9.17) is 0 Å².